The third-order valence-corrected chi connectivity index (χ3v) is 23.7. The molecule has 6 atom stereocenters. The highest BCUT2D eigenvalue weighted by molar-refractivity contribution is 6.09. The third-order valence-electron chi connectivity index (χ3n) is 23.7. The van der Waals surface area contributed by atoms with Crippen molar-refractivity contribution >= 4 is 93.0 Å². The molecule has 0 aliphatic carbocycles. The highest BCUT2D eigenvalue weighted by atomic mass is 16.6. The minimum absolute atomic E-state index is 0.0220. The molecule has 2 unspecified atom stereocenters. The van der Waals surface area contributed by atoms with Crippen LogP contribution in [0, 0.1) is 27.7 Å². The van der Waals surface area contributed by atoms with Crippen LogP contribution in [0.25, 0.3) is 22.3 Å². The van der Waals surface area contributed by atoms with Crippen molar-refractivity contribution in [2.24, 2.45) is 0 Å². The van der Waals surface area contributed by atoms with Crippen molar-refractivity contribution in [2.75, 3.05) is 143 Å². The SMILES string of the molecule is C=CCOC(=O)N1c2cc(C)c(OC)cc2C(=O)N2CC=C(c3ccc(OC)cc3)C[C@H]2C1O.C=CCOC(=O)N1c2cc(C)c(OC)cc2C(=O)N2CCC(c3ccc(OC)cc3)=C[C@H]2C1O.C=CCOC(=O)Nc1cc(C)c(OC)cc1C(=O)N1CC=C(c2ccc(OC)cc2)C[C@H]1CO.C=CCOC(=O)Nc1cc(C)c(OC)cc1C(=O)N1CCC(c2ccc(OC)cc2)=C[C@H]1CO. The van der Waals surface area contributed by atoms with Crippen LogP contribution in [0.4, 0.5) is 41.9 Å². The van der Waals surface area contributed by atoms with E-state index in [1.54, 1.807) is 96.6 Å². The molecule has 0 bridgehead atoms. The molecule has 6 N–H and O–H groups in total. The van der Waals surface area contributed by atoms with E-state index in [2.05, 4.69) is 36.9 Å². The zero-order valence-electron chi connectivity index (χ0n) is 78.3. The van der Waals surface area contributed by atoms with E-state index in [9.17, 15) is 58.8 Å². The number of carbonyl (C=O) groups excluding carboxylic acids is 8. The topological polar surface area (TPSA) is 372 Å². The lowest BCUT2D eigenvalue weighted by molar-refractivity contribution is 0.0397. The molecule has 6 heterocycles. The smallest absolute Gasteiger partial charge is 0.416 e. The fraction of sp³-hybridized carbons (Fsp3) is 0.308. The fourth-order valence-corrected chi connectivity index (χ4v) is 16.6. The van der Waals surface area contributed by atoms with Crippen molar-refractivity contribution in [3.8, 4) is 46.0 Å². The maximum Gasteiger partial charge on any atom is 0.416 e. The quantitative estimate of drug-likeness (QED) is 0.0217. The van der Waals surface area contributed by atoms with E-state index in [1.807, 2.05) is 149 Å². The van der Waals surface area contributed by atoms with Crippen LogP contribution in [0.15, 0.2) is 221 Å². The van der Waals surface area contributed by atoms with Gasteiger partial charge >= 0.3 is 24.4 Å². The van der Waals surface area contributed by atoms with Crippen LogP contribution >= 0.6 is 0 Å². The molecule has 716 valence electrons. The van der Waals surface area contributed by atoms with Crippen molar-refractivity contribution in [3.63, 3.8) is 0 Å². The molecule has 0 aromatic heterocycles. The first-order valence-corrected chi connectivity index (χ1v) is 43.8. The number of carbonyl (C=O) groups is 8. The van der Waals surface area contributed by atoms with Gasteiger partial charge in [0.15, 0.2) is 12.5 Å². The first-order chi connectivity index (χ1) is 65.6. The number of hydrogen-bond acceptors (Lipinski definition) is 24. The zero-order valence-corrected chi connectivity index (χ0v) is 78.3. The second-order valence-corrected chi connectivity index (χ2v) is 32.0. The first-order valence-electron chi connectivity index (χ1n) is 43.8. The highest BCUT2D eigenvalue weighted by Gasteiger charge is 2.47. The van der Waals surface area contributed by atoms with Gasteiger partial charge in [0.2, 0.25) is 0 Å². The molecule has 6 aliphatic rings. The van der Waals surface area contributed by atoms with Crippen LogP contribution in [-0.4, -0.2) is 247 Å². The van der Waals surface area contributed by atoms with Crippen LogP contribution in [0.1, 0.15) is 112 Å². The van der Waals surface area contributed by atoms with Crippen molar-refractivity contribution in [2.45, 2.75) is 90.0 Å². The van der Waals surface area contributed by atoms with E-state index in [4.69, 9.17) is 56.8 Å². The predicted octanol–water partition coefficient (Wildman–Crippen LogP) is 15.6. The normalized spacial score (nSPS) is 17.3. The van der Waals surface area contributed by atoms with E-state index in [1.165, 1.54) is 52.7 Å². The molecule has 0 spiro atoms. The average molecular weight is 1860 g/mol. The number of ether oxygens (including phenoxy) is 12. The van der Waals surface area contributed by atoms with Crippen molar-refractivity contribution in [3.05, 3.63) is 287 Å². The number of anilines is 4. The Hall–Kier alpha value is -15.1. The Labute approximate surface area is 790 Å². The molecule has 0 radical (unpaired) electrons. The Bertz CT molecular complexity index is 5730. The van der Waals surface area contributed by atoms with Gasteiger partial charge in [0.25, 0.3) is 23.6 Å². The summed E-state index contributed by atoms with van der Waals surface area (Å²) in [7, 11) is 12.5. The maximum absolute atomic E-state index is 13.6. The average Bonchev–Trinajstić information content (AvgIpc) is 1.61. The van der Waals surface area contributed by atoms with Gasteiger partial charge in [0.05, 0.1) is 139 Å². The molecular weight excluding hydrogens is 1750 g/mol. The van der Waals surface area contributed by atoms with Gasteiger partial charge in [-0.15, -0.1) is 0 Å². The third kappa shape index (κ3) is 23.5. The van der Waals surface area contributed by atoms with E-state index >= 15 is 0 Å². The summed E-state index contributed by atoms with van der Waals surface area (Å²) in [6.07, 6.45) is 9.96. The number of benzene rings is 8. The Balaban J connectivity index is 0.000000174. The number of amides is 8. The lowest BCUT2D eigenvalue weighted by Crippen LogP contribution is -2.54. The number of nitrogens with one attached hydrogen (secondary N) is 2. The summed E-state index contributed by atoms with van der Waals surface area (Å²) < 4.78 is 63.1. The molecule has 6 aliphatic heterocycles. The van der Waals surface area contributed by atoms with Gasteiger partial charge in [-0.05, 0) is 217 Å². The van der Waals surface area contributed by atoms with Crippen LogP contribution in [0.2, 0.25) is 0 Å². The van der Waals surface area contributed by atoms with Gasteiger partial charge < -0.3 is 96.9 Å². The van der Waals surface area contributed by atoms with E-state index in [0.717, 1.165) is 99.6 Å². The molecule has 0 fully saturated rings. The summed E-state index contributed by atoms with van der Waals surface area (Å²) in [5, 5.41) is 48.4. The summed E-state index contributed by atoms with van der Waals surface area (Å²) in [5.41, 5.74) is 13.1. The summed E-state index contributed by atoms with van der Waals surface area (Å²) in [5.74, 6) is 3.82. The molecule has 136 heavy (non-hydrogen) atoms. The van der Waals surface area contributed by atoms with Gasteiger partial charge in [0, 0.05) is 26.2 Å². The van der Waals surface area contributed by atoms with Crippen molar-refractivity contribution < 1.29 is 116 Å². The monoisotopic (exact) mass is 1860 g/mol. The lowest BCUT2D eigenvalue weighted by Gasteiger charge is -2.38. The molecule has 32 nitrogen and oxygen atoms in total. The molecule has 0 saturated heterocycles. The molecule has 8 aromatic carbocycles. The number of methoxy groups -OCH3 is 8. The van der Waals surface area contributed by atoms with E-state index in [0.29, 0.717) is 79.7 Å². The number of aryl methyl sites for hydroxylation is 4. The summed E-state index contributed by atoms with van der Waals surface area (Å²) in [6.45, 7) is 22.4. The molecule has 8 aromatic rings. The second kappa shape index (κ2) is 47.5. The van der Waals surface area contributed by atoms with Crippen LogP contribution in [0.5, 0.6) is 46.0 Å². The summed E-state index contributed by atoms with van der Waals surface area (Å²) >= 11 is 0. The standard InChI is InChI=1S/2C26H28N2O6.2C26H30N2O6/c2*1-5-12-34-26(31)28-21-13-16(2)23(33-4)15-20(21)24(29)27-11-10-18(14-22(27)25(28)30)17-6-8-19(32-3)9-7-17;2*1-5-12-34-26(31)27-23-13-17(2)24(33-4)15-22(23)25(30)28-11-10-19(14-20(28)16-29)18-6-8-21(32-3)9-7-18/h5-9,13-15,22,25,30H,1,10-12H2,2-4H3;5-10,13,15,22,25,30H,1,11-12,14H2,2-4H3;5-9,13-15,20,29H,1,10-12,16H2,2-4H3,(H,27,31);5-10,13,15,20,29H,1,11-12,14,16H2,2-4H3,(H,27,31)/t2*22-,25?;2*20-/m0000/s1. The molecule has 14 rings (SSSR count). The largest absolute Gasteiger partial charge is 0.497 e. The van der Waals surface area contributed by atoms with E-state index < -0.39 is 61.0 Å². The van der Waals surface area contributed by atoms with Crippen molar-refractivity contribution in [1.82, 2.24) is 19.6 Å². The predicted molar refractivity (Wildman–Crippen MR) is 517 cm³/mol. The highest BCUT2D eigenvalue weighted by Crippen LogP contribution is 2.44. The van der Waals surface area contributed by atoms with Gasteiger partial charge in [-0.25, -0.2) is 29.0 Å². The first kappa shape index (κ1) is 101. The Morgan fingerprint density at radius 1 is 0.412 bits per heavy atom. The summed E-state index contributed by atoms with van der Waals surface area (Å²) in [4.78, 5) is 114. The van der Waals surface area contributed by atoms with Crippen LogP contribution in [0.3, 0.4) is 0 Å². The molecule has 8 amide bonds. The number of nitrogens with zero attached hydrogens (tertiary/aromatic N) is 6. The lowest BCUT2D eigenvalue weighted by atomic mass is 9.92. The number of aliphatic hydroxyl groups excluding tert-OH is 4. The Morgan fingerprint density at radius 3 is 1.19 bits per heavy atom. The van der Waals surface area contributed by atoms with Gasteiger partial charge in [-0.1, -0.05) is 123 Å². The number of fused-ring (bicyclic) bond motifs is 4. The van der Waals surface area contributed by atoms with Crippen LogP contribution < -0.4 is 58.3 Å². The summed E-state index contributed by atoms with van der Waals surface area (Å²) in [6, 6.07) is 41.2. The van der Waals surface area contributed by atoms with Crippen molar-refractivity contribution in [1.29, 1.82) is 0 Å². The van der Waals surface area contributed by atoms with Gasteiger partial charge in [0.1, 0.15) is 72.4 Å². The number of hydrogen-bond donors (Lipinski definition) is 6. The van der Waals surface area contributed by atoms with Gasteiger partial charge in [-0.2, -0.15) is 0 Å². The fourth-order valence-electron chi connectivity index (χ4n) is 16.6. The van der Waals surface area contributed by atoms with Crippen LogP contribution in [-0.2, 0) is 18.9 Å². The Morgan fingerprint density at radius 2 is 0.779 bits per heavy atom. The minimum Gasteiger partial charge on any atom is -0.497 e. The molecular formula is C104H116N8O24. The Kier molecular flexibility index (Phi) is 35.4. The molecule has 0 saturated carbocycles. The minimum atomic E-state index is -1.36. The van der Waals surface area contributed by atoms with E-state index in [-0.39, 0.29) is 103 Å². The zero-order chi connectivity index (χ0) is 98.1. The molecule has 32 heteroatoms. The number of rotatable bonds is 26. The maximum atomic E-state index is 13.6. The van der Waals surface area contributed by atoms with Gasteiger partial charge in [-0.3, -0.25) is 29.8 Å². The second-order valence-electron chi connectivity index (χ2n) is 32.0. The number of aliphatic hydroxyl groups is 4.